The molecular weight excluding hydrogens is 512 g/mol. The van der Waals surface area contributed by atoms with Gasteiger partial charge in [0.05, 0.1) is 22.7 Å². The van der Waals surface area contributed by atoms with Gasteiger partial charge in [-0.3, -0.25) is 4.79 Å². The molecule has 0 aliphatic rings. The van der Waals surface area contributed by atoms with E-state index in [1.807, 2.05) is 24.3 Å². The standard InChI is InChI=1S/C32H43ClN2O2S/c1-3-4-5-6-7-8-9-10-11-12-13-16-22-37-31-20-19-27(24-29(31)33)32(36)34-30-18-15-14-17-28(30)25-35-21-23-38-26(35)2/h14-15,17-21,23-24H,3-13,16,22,25H2,1-2H3/p+1. The summed E-state index contributed by atoms with van der Waals surface area (Å²) in [5, 5.41) is 6.81. The summed E-state index contributed by atoms with van der Waals surface area (Å²) in [5.41, 5.74) is 2.38. The van der Waals surface area contributed by atoms with Crippen molar-refractivity contribution in [3.8, 4) is 5.75 Å². The van der Waals surface area contributed by atoms with E-state index in [9.17, 15) is 4.79 Å². The molecular formula is C32H44ClN2O2S+. The number of thiazole rings is 1. The van der Waals surface area contributed by atoms with Crippen LogP contribution in [-0.2, 0) is 6.54 Å². The fourth-order valence-corrected chi connectivity index (χ4v) is 5.48. The molecule has 1 amide bonds. The molecule has 0 fully saturated rings. The normalized spacial score (nSPS) is 11.0. The lowest BCUT2D eigenvalue weighted by Crippen LogP contribution is -2.34. The number of rotatable bonds is 18. The van der Waals surface area contributed by atoms with Gasteiger partial charge in [0.1, 0.15) is 5.75 Å². The maximum Gasteiger partial charge on any atom is 0.255 e. The maximum atomic E-state index is 13.0. The van der Waals surface area contributed by atoms with Crippen molar-refractivity contribution in [2.45, 2.75) is 97.4 Å². The highest BCUT2D eigenvalue weighted by atomic mass is 35.5. The summed E-state index contributed by atoms with van der Waals surface area (Å²) in [4.78, 5) is 13.0. The molecule has 38 heavy (non-hydrogen) atoms. The molecule has 0 saturated heterocycles. The van der Waals surface area contributed by atoms with Gasteiger partial charge in [-0.15, -0.1) is 0 Å². The highest BCUT2D eigenvalue weighted by molar-refractivity contribution is 7.09. The van der Waals surface area contributed by atoms with Crippen molar-refractivity contribution in [2.75, 3.05) is 11.9 Å². The van der Waals surface area contributed by atoms with Crippen molar-refractivity contribution >= 4 is 34.5 Å². The molecule has 0 bridgehead atoms. The monoisotopic (exact) mass is 555 g/mol. The van der Waals surface area contributed by atoms with Gasteiger partial charge in [0.2, 0.25) is 5.01 Å². The number of carbonyl (C=O) groups is 1. The summed E-state index contributed by atoms with van der Waals surface area (Å²) in [7, 11) is 0. The first-order chi connectivity index (χ1) is 18.6. The van der Waals surface area contributed by atoms with Crippen molar-refractivity contribution < 1.29 is 14.1 Å². The van der Waals surface area contributed by atoms with Crippen LogP contribution in [0.1, 0.15) is 105 Å². The summed E-state index contributed by atoms with van der Waals surface area (Å²) in [6, 6.07) is 13.2. The lowest BCUT2D eigenvalue weighted by molar-refractivity contribution is -0.689. The molecule has 0 unspecified atom stereocenters. The number of amides is 1. The maximum absolute atomic E-state index is 13.0. The van der Waals surface area contributed by atoms with Crippen LogP contribution in [0.2, 0.25) is 5.02 Å². The third-order valence-electron chi connectivity index (χ3n) is 6.94. The SMILES string of the molecule is CCCCCCCCCCCCCCOc1ccc(C(=O)Nc2ccccc2C[n+]2ccsc2C)cc1Cl. The molecule has 4 nitrogen and oxygen atoms in total. The molecule has 0 saturated carbocycles. The Bertz CT molecular complexity index is 1110. The lowest BCUT2D eigenvalue weighted by atomic mass is 10.1. The number of hydrogen-bond acceptors (Lipinski definition) is 3. The summed E-state index contributed by atoms with van der Waals surface area (Å²) >= 11 is 8.17. The Morgan fingerprint density at radius 3 is 2.21 bits per heavy atom. The predicted octanol–water partition coefficient (Wildman–Crippen LogP) is 9.38. The average molecular weight is 556 g/mol. The van der Waals surface area contributed by atoms with E-state index in [4.69, 9.17) is 16.3 Å². The Hall–Kier alpha value is -2.37. The smallest absolute Gasteiger partial charge is 0.255 e. The van der Waals surface area contributed by atoms with Gasteiger partial charge in [-0.2, -0.15) is 4.57 Å². The molecule has 3 aromatic rings. The second-order valence-electron chi connectivity index (χ2n) is 10.0. The van der Waals surface area contributed by atoms with Crippen LogP contribution in [0.15, 0.2) is 54.0 Å². The Balaban J connectivity index is 1.36. The minimum Gasteiger partial charge on any atom is -0.492 e. The quantitative estimate of drug-likeness (QED) is 0.125. The van der Waals surface area contributed by atoms with Crippen LogP contribution in [0.4, 0.5) is 5.69 Å². The molecule has 0 atom stereocenters. The van der Waals surface area contributed by atoms with Crippen LogP contribution in [0.5, 0.6) is 5.75 Å². The fourth-order valence-electron chi connectivity index (χ4n) is 4.58. The fraction of sp³-hybridized carbons (Fsp3) is 0.500. The van der Waals surface area contributed by atoms with Gasteiger partial charge >= 0.3 is 0 Å². The number of benzene rings is 2. The van der Waals surface area contributed by atoms with Crippen molar-refractivity contribution in [1.29, 1.82) is 0 Å². The van der Waals surface area contributed by atoms with Crippen molar-refractivity contribution in [3.63, 3.8) is 0 Å². The van der Waals surface area contributed by atoms with E-state index >= 15 is 0 Å². The third kappa shape index (κ3) is 10.4. The van der Waals surface area contributed by atoms with Gasteiger partial charge in [-0.05, 0) is 30.7 Å². The molecule has 206 valence electrons. The van der Waals surface area contributed by atoms with E-state index in [-0.39, 0.29) is 5.91 Å². The highest BCUT2D eigenvalue weighted by Crippen LogP contribution is 2.27. The Kier molecular flexibility index (Phi) is 13.7. The van der Waals surface area contributed by atoms with E-state index < -0.39 is 0 Å². The summed E-state index contributed by atoms with van der Waals surface area (Å²) < 4.78 is 8.08. The zero-order valence-corrected chi connectivity index (χ0v) is 24.7. The number of unbranched alkanes of at least 4 members (excludes halogenated alkanes) is 11. The molecule has 0 spiro atoms. The first-order valence-corrected chi connectivity index (χ1v) is 15.6. The number of nitrogens with one attached hydrogen (secondary N) is 1. The molecule has 1 heterocycles. The van der Waals surface area contributed by atoms with Crippen molar-refractivity contribution in [2.24, 2.45) is 0 Å². The first-order valence-electron chi connectivity index (χ1n) is 14.3. The number of halogens is 1. The summed E-state index contributed by atoms with van der Waals surface area (Å²) in [6.07, 6.45) is 17.9. The zero-order valence-electron chi connectivity index (χ0n) is 23.1. The topological polar surface area (TPSA) is 42.2 Å². The average Bonchev–Trinajstić information content (AvgIpc) is 3.32. The largest absolute Gasteiger partial charge is 0.492 e. The number of nitrogens with zero attached hydrogens (tertiary/aromatic N) is 1. The number of aromatic nitrogens is 1. The number of anilines is 1. The Morgan fingerprint density at radius 1 is 0.921 bits per heavy atom. The lowest BCUT2D eigenvalue weighted by Gasteiger charge is -2.11. The Morgan fingerprint density at radius 2 is 1.58 bits per heavy atom. The van der Waals surface area contributed by atoms with E-state index in [1.54, 1.807) is 29.5 Å². The second kappa shape index (κ2) is 17.3. The van der Waals surface area contributed by atoms with Gasteiger partial charge in [0.15, 0.2) is 12.7 Å². The van der Waals surface area contributed by atoms with Crippen LogP contribution >= 0.6 is 22.9 Å². The van der Waals surface area contributed by atoms with E-state index in [0.29, 0.717) is 29.5 Å². The first kappa shape index (κ1) is 30.2. The van der Waals surface area contributed by atoms with Crippen molar-refractivity contribution in [3.05, 3.63) is 75.2 Å². The summed E-state index contributed by atoms with van der Waals surface area (Å²) in [6.45, 7) is 5.72. The molecule has 1 aromatic heterocycles. The van der Waals surface area contributed by atoms with Crippen LogP contribution in [-0.4, -0.2) is 12.5 Å². The molecule has 0 radical (unpaired) electrons. The van der Waals surface area contributed by atoms with Crippen LogP contribution in [0, 0.1) is 6.92 Å². The van der Waals surface area contributed by atoms with E-state index in [0.717, 1.165) is 17.7 Å². The number of para-hydroxylation sites is 1. The molecule has 2 aromatic carbocycles. The van der Waals surface area contributed by atoms with Crippen LogP contribution in [0.3, 0.4) is 0 Å². The molecule has 0 aliphatic carbocycles. The van der Waals surface area contributed by atoms with Gasteiger partial charge in [0.25, 0.3) is 5.91 Å². The van der Waals surface area contributed by atoms with Crippen LogP contribution < -0.4 is 14.6 Å². The molecule has 0 aliphatic heterocycles. The number of hydrogen-bond donors (Lipinski definition) is 1. The minimum atomic E-state index is -0.182. The highest BCUT2D eigenvalue weighted by Gasteiger charge is 2.15. The molecule has 6 heteroatoms. The van der Waals surface area contributed by atoms with E-state index in [2.05, 4.69) is 35.3 Å². The number of carbonyl (C=O) groups excluding carboxylic acids is 1. The van der Waals surface area contributed by atoms with Gasteiger partial charge < -0.3 is 10.1 Å². The molecule has 3 rings (SSSR count). The second-order valence-corrected chi connectivity index (χ2v) is 11.5. The van der Waals surface area contributed by atoms with E-state index in [1.165, 1.54) is 75.6 Å². The summed E-state index contributed by atoms with van der Waals surface area (Å²) in [5.74, 6) is 0.454. The zero-order chi connectivity index (χ0) is 27.0. The molecule has 1 N–H and O–H groups in total. The Labute approximate surface area is 238 Å². The number of ether oxygens (including phenoxy) is 1. The van der Waals surface area contributed by atoms with Crippen molar-refractivity contribution in [1.82, 2.24) is 0 Å². The van der Waals surface area contributed by atoms with Gasteiger partial charge in [-0.1, -0.05) is 119 Å². The van der Waals surface area contributed by atoms with Crippen LogP contribution in [0.25, 0.3) is 0 Å². The van der Waals surface area contributed by atoms with Gasteiger partial charge in [0, 0.05) is 18.1 Å². The number of aryl methyl sites for hydroxylation is 1. The minimum absolute atomic E-state index is 0.182. The predicted molar refractivity (Wildman–Crippen MR) is 161 cm³/mol. The third-order valence-corrected chi connectivity index (χ3v) is 8.07. The van der Waals surface area contributed by atoms with Gasteiger partial charge in [-0.25, -0.2) is 0 Å².